The van der Waals surface area contributed by atoms with Crippen molar-refractivity contribution in [3.05, 3.63) is 53.7 Å². The largest absolute Gasteiger partial charge is 0.497 e. The van der Waals surface area contributed by atoms with E-state index in [1.165, 1.54) is 0 Å². The number of aromatic amines is 1. The summed E-state index contributed by atoms with van der Waals surface area (Å²) >= 11 is 0. The van der Waals surface area contributed by atoms with Crippen LogP contribution in [0.3, 0.4) is 0 Å². The molecule has 0 atom stereocenters. The number of rotatable bonds is 8. The quantitative estimate of drug-likeness (QED) is 0.377. The van der Waals surface area contributed by atoms with Crippen LogP contribution in [0.4, 0.5) is 0 Å². The summed E-state index contributed by atoms with van der Waals surface area (Å²) in [5, 5.41) is 24.2. The van der Waals surface area contributed by atoms with Crippen LogP contribution in [0.25, 0.3) is 28.6 Å². The summed E-state index contributed by atoms with van der Waals surface area (Å²) in [5.74, 6) is 3.41. The van der Waals surface area contributed by atoms with E-state index in [2.05, 4.69) is 20.6 Å². The summed E-state index contributed by atoms with van der Waals surface area (Å²) in [6.07, 6.45) is 3.42. The van der Waals surface area contributed by atoms with E-state index in [1.54, 1.807) is 50.6 Å². The highest BCUT2D eigenvalue weighted by Gasteiger charge is 2.25. The summed E-state index contributed by atoms with van der Waals surface area (Å²) in [7, 11) is 3.16. The third-order valence-electron chi connectivity index (χ3n) is 5.55. The van der Waals surface area contributed by atoms with Gasteiger partial charge in [-0.1, -0.05) is 12.2 Å². The van der Waals surface area contributed by atoms with E-state index in [4.69, 9.17) is 28.7 Å². The maximum atomic E-state index is 9.49. The number of ether oxygens (including phenoxy) is 5. The molecule has 0 aliphatic carbocycles. The van der Waals surface area contributed by atoms with Crippen molar-refractivity contribution in [2.45, 2.75) is 6.92 Å². The van der Waals surface area contributed by atoms with Crippen LogP contribution < -0.4 is 23.7 Å². The van der Waals surface area contributed by atoms with Gasteiger partial charge in [-0.05, 0) is 42.0 Å². The molecule has 0 bridgehead atoms. The van der Waals surface area contributed by atoms with Crippen molar-refractivity contribution in [1.82, 2.24) is 25.6 Å². The number of nitrogens with zero attached hydrogens (tertiary/aromatic N) is 4. The van der Waals surface area contributed by atoms with Crippen molar-refractivity contribution in [1.29, 1.82) is 0 Å². The highest BCUT2D eigenvalue weighted by molar-refractivity contribution is 5.91. The molecule has 11 heteroatoms. The number of tetrazole rings is 1. The molecule has 0 spiro atoms. The van der Waals surface area contributed by atoms with Crippen LogP contribution >= 0.6 is 0 Å². The first kappa shape index (κ1) is 23.1. The first-order valence-corrected chi connectivity index (χ1v) is 11.0. The molecule has 0 amide bonds. The van der Waals surface area contributed by atoms with Crippen molar-refractivity contribution in [3.63, 3.8) is 0 Å². The third-order valence-corrected chi connectivity index (χ3v) is 5.55. The minimum Gasteiger partial charge on any atom is -0.497 e. The second kappa shape index (κ2) is 9.92. The number of benzene rings is 2. The van der Waals surface area contributed by atoms with Gasteiger partial charge in [0.25, 0.3) is 0 Å². The molecule has 2 aromatic heterocycles. The molecule has 1 aliphatic heterocycles. The van der Waals surface area contributed by atoms with Gasteiger partial charge < -0.3 is 28.8 Å². The molecule has 0 unspecified atom stereocenters. The molecule has 3 heterocycles. The number of pyridine rings is 1. The van der Waals surface area contributed by atoms with Gasteiger partial charge in [-0.15, -0.1) is 10.2 Å². The highest BCUT2D eigenvalue weighted by Crippen LogP contribution is 2.45. The predicted molar refractivity (Wildman–Crippen MR) is 129 cm³/mol. The lowest BCUT2D eigenvalue weighted by Crippen LogP contribution is -2.03. The predicted octanol–water partition coefficient (Wildman–Crippen LogP) is 3.78. The molecule has 11 nitrogen and oxygen atoms in total. The number of hydrogen-bond donors (Lipinski definition) is 2. The van der Waals surface area contributed by atoms with Crippen molar-refractivity contribution in [3.8, 4) is 57.1 Å². The Hall–Kier alpha value is -4.64. The molecule has 1 aliphatic rings. The molecule has 0 saturated carbocycles. The Morgan fingerprint density at radius 1 is 1.00 bits per heavy atom. The zero-order valence-corrected chi connectivity index (χ0v) is 19.8. The van der Waals surface area contributed by atoms with E-state index >= 15 is 0 Å². The van der Waals surface area contributed by atoms with E-state index < -0.39 is 0 Å². The first-order chi connectivity index (χ1) is 17.6. The Morgan fingerprint density at radius 3 is 2.47 bits per heavy atom. The van der Waals surface area contributed by atoms with Crippen molar-refractivity contribution in [2.75, 3.05) is 27.6 Å². The van der Waals surface area contributed by atoms with Gasteiger partial charge in [0.1, 0.15) is 17.2 Å². The first-order valence-electron chi connectivity index (χ1n) is 11.0. The minimum absolute atomic E-state index is 0.146. The van der Waals surface area contributed by atoms with Gasteiger partial charge in [-0.3, -0.25) is 0 Å². The molecule has 184 valence electrons. The Labute approximate surface area is 206 Å². The van der Waals surface area contributed by atoms with Crippen LogP contribution in [0.2, 0.25) is 0 Å². The molecule has 2 aromatic carbocycles. The van der Waals surface area contributed by atoms with Crippen LogP contribution in [-0.2, 0) is 0 Å². The SMILES string of the molecule is COc1cc(OC)cc(-c2c(C=CCO)c(C)nc(Oc3ccc4c(c3)OCO4)c2-c2nn[nH]n2)c1. The molecule has 0 saturated heterocycles. The second-order valence-corrected chi connectivity index (χ2v) is 7.70. The number of nitrogens with one attached hydrogen (secondary N) is 1. The van der Waals surface area contributed by atoms with E-state index in [1.807, 2.05) is 19.1 Å². The van der Waals surface area contributed by atoms with Gasteiger partial charge in [0.05, 0.1) is 26.4 Å². The fourth-order valence-corrected chi connectivity index (χ4v) is 3.92. The zero-order valence-electron chi connectivity index (χ0n) is 19.8. The van der Waals surface area contributed by atoms with E-state index in [0.717, 1.165) is 11.1 Å². The number of fused-ring (bicyclic) bond motifs is 1. The van der Waals surface area contributed by atoms with Crippen molar-refractivity contribution in [2.24, 2.45) is 0 Å². The lowest BCUT2D eigenvalue weighted by molar-refractivity contribution is 0.174. The molecule has 4 aromatic rings. The lowest BCUT2D eigenvalue weighted by atomic mass is 9.93. The summed E-state index contributed by atoms with van der Waals surface area (Å²) in [6.45, 7) is 1.86. The molecule has 0 fully saturated rings. The number of hydrogen-bond acceptors (Lipinski definition) is 10. The molecule has 5 rings (SSSR count). The van der Waals surface area contributed by atoms with Gasteiger partial charge in [0.15, 0.2) is 11.5 Å². The number of H-pyrrole nitrogens is 1. The van der Waals surface area contributed by atoms with Crippen LogP contribution in [0, 0.1) is 6.92 Å². The topological polar surface area (TPSA) is 134 Å². The Morgan fingerprint density at radius 2 is 1.78 bits per heavy atom. The van der Waals surface area contributed by atoms with Gasteiger partial charge in [0.2, 0.25) is 18.5 Å². The number of aliphatic hydroxyl groups excluding tert-OH is 1. The second-order valence-electron chi connectivity index (χ2n) is 7.70. The van der Waals surface area contributed by atoms with Crippen molar-refractivity contribution < 1.29 is 28.8 Å². The normalized spacial score (nSPS) is 12.2. The summed E-state index contributed by atoms with van der Waals surface area (Å²) in [6, 6.07) is 10.8. The Kier molecular flexibility index (Phi) is 6.37. The standard InChI is InChI=1S/C25H23N5O6/c1-14-19(5-4-8-31)22(15-9-17(32-2)11-18(10-15)33-3)23(24-27-29-30-28-24)25(26-14)36-16-6-7-20-21(12-16)35-13-34-20/h4-7,9-12,31H,8,13H2,1-3H3,(H,27,28,29,30). The monoisotopic (exact) mass is 489 g/mol. The van der Waals surface area contributed by atoms with Gasteiger partial charge in [-0.2, -0.15) is 5.21 Å². The fraction of sp³-hybridized carbons (Fsp3) is 0.200. The maximum Gasteiger partial charge on any atom is 0.231 e. The molecule has 2 N–H and O–H groups in total. The molecule has 0 radical (unpaired) electrons. The van der Waals surface area contributed by atoms with Gasteiger partial charge in [-0.25, -0.2) is 4.98 Å². The van der Waals surface area contributed by atoms with Crippen LogP contribution in [0.5, 0.6) is 34.6 Å². The van der Waals surface area contributed by atoms with E-state index in [0.29, 0.717) is 45.6 Å². The average Bonchev–Trinajstić information content (AvgIpc) is 3.59. The van der Waals surface area contributed by atoms with Gasteiger partial charge >= 0.3 is 0 Å². The van der Waals surface area contributed by atoms with E-state index in [-0.39, 0.29) is 25.1 Å². The smallest absolute Gasteiger partial charge is 0.231 e. The Balaban J connectivity index is 1.77. The lowest BCUT2D eigenvalue weighted by Gasteiger charge is -2.19. The Bertz CT molecular complexity index is 1400. The van der Waals surface area contributed by atoms with E-state index in [9.17, 15) is 5.11 Å². The average molecular weight is 489 g/mol. The zero-order chi connectivity index (χ0) is 25.1. The third kappa shape index (κ3) is 4.39. The maximum absolute atomic E-state index is 9.49. The fourth-order valence-electron chi connectivity index (χ4n) is 3.92. The number of aryl methyl sites for hydroxylation is 1. The molecule has 36 heavy (non-hydrogen) atoms. The van der Waals surface area contributed by atoms with Crippen molar-refractivity contribution >= 4 is 6.08 Å². The summed E-state index contributed by atoms with van der Waals surface area (Å²) in [4.78, 5) is 4.73. The number of methoxy groups -OCH3 is 2. The van der Waals surface area contributed by atoms with Crippen LogP contribution in [0.1, 0.15) is 11.3 Å². The van der Waals surface area contributed by atoms with Crippen LogP contribution in [-0.4, -0.2) is 58.3 Å². The highest BCUT2D eigenvalue weighted by atomic mass is 16.7. The number of aromatic nitrogens is 5. The minimum atomic E-state index is -0.146. The summed E-state index contributed by atoms with van der Waals surface area (Å²) < 4.78 is 28.2. The summed E-state index contributed by atoms with van der Waals surface area (Å²) in [5.41, 5.74) is 3.31. The molecular weight excluding hydrogens is 466 g/mol. The number of aliphatic hydroxyl groups is 1. The molecular formula is C25H23N5O6. The van der Waals surface area contributed by atoms with Crippen LogP contribution in [0.15, 0.2) is 42.5 Å². The van der Waals surface area contributed by atoms with Gasteiger partial charge in [0, 0.05) is 29.0 Å².